The Morgan fingerprint density at radius 3 is 2.61 bits per heavy atom. The van der Waals surface area contributed by atoms with Crippen LogP contribution in [0.5, 0.6) is 0 Å². The monoisotopic (exact) mass is 332 g/mol. The number of ether oxygens (including phenoxy) is 2. The van der Waals surface area contributed by atoms with Gasteiger partial charge in [-0.1, -0.05) is 6.07 Å². The van der Waals surface area contributed by atoms with E-state index in [0.717, 1.165) is 0 Å². The molecule has 5 nitrogen and oxygen atoms in total. The number of pyridine rings is 1. The second-order valence-corrected chi connectivity index (χ2v) is 5.09. The Morgan fingerprint density at radius 2 is 2.04 bits per heavy atom. The van der Waals surface area contributed by atoms with Gasteiger partial charge in [-0.2, -0.15) is 13.2 Å². The van der Waals surface area contributed by atoms with E-state index in [1.165, 1.54) is 0 Å². The van der Waals surface area contributed by atoms with Gasteiger partial charge in [0.2, 0.25) is 5.79 Å². The highest BCUT2D eigenvalue weighted by Gasteiger charge is 2.50. The summed E-state index contributed by atoms with van der Waals surface area (Å²) in [4.78, 5) is 15.6. The van der Waals surface area contributed by atoms with Crippen molar-refractivity contribution in [3.05, 3.63) is 29.6 Å². The number of nitrogens with one attached hydrogen (secondary N) is 1. The molecule has 1 aliphatic rings. The first kappa shape index (κ1) is 17.7. The maximum atomic E-state index is 12.6. The Morgan fingerprint density at radius 1 is 1.39 bits per heavy atom. The van der Waals surface area contributed by atoms with Crippen molar-refractivity contribution in [2.24, 2.45) is 0 Å². The van der Waals surface area contributed by atoms with Crippen LogP contribution < -0.4 is 5.32 Å². The minimum absolute atomic E-state index is 0.215. The van der Waals surface area contributed by atoms with Gasteiger partial charge in [-0.15, -0.1) is 0 Å². The maximum Gasteiger partial charge on any atom is 0.471 e. The first-order valence-electron chi connectivity index (χ1n) is 7.45. The molecule has 1 heterocycles. The highest BCUT2D eigenvalue weighted by atomic mass is 19.4. The Balaban J connectivity index is 2.43. The quantitative estimate of drug-likeness (QED) is 0.841. The summed E-state index contributed by atoms with van der Waals surface area (Å²) in [6.07, 6.45) is -2.68. The molecule has 0 aliphatic heterocycles. The van der Waals surface area contributed by atoms with Crippen molar-refractivity contribution in [3.63, 3.8) is 0 Å². The zero-order valence-corrected chi connectivity index (χ0v) is 12.9. The topological polar surface area (TPSA) is 60.5 Å². The molecule has 0 bridgehead atoms. The van der Waals surface area contributed by atoms with E-state index in [4.69, 9.17) is 9.47 Å². The van der Waals surface area contributed by atoms with Crippen molar-refractivity contribution in [2.75, 3.05) is 13.2 Å². The van der Waals surface area contributed by atoms with Crippen LogP contribution in [0.4, 0.5) is 13.2 Å². The average molecular weight is 332 g/mol. The second-order valence-electron chi connectivity index (χ2n) is 5.09. The van der Waals surface area contributed by atoms with E-state index in [-0.39, 0.29) is 19.6 Å². The molecule has 0 radical (unpaired) electrons. The number of amides is 1. The van der Waals surface area contributed by atoms with Gasteiger partial charge < -0.3 is 14.8 Å². The third-order valence-electron chi connectivity index (χ3n) is 3.67. The number of hydrogen-bond donors (Lipinski definition) is 1. The molecule has 0 fully saturated rings. The summed E-state index contributed by atoms with van der Waals surface area (Å²) in [5.74, 6) is -3.47. The third-order valence-corrected chi connectivity index (χ3v) is 3.67. The largest absolute Gasteiger partial charge is 0.471 e. The Kier molecular flexibility index (Phi) is 5.26. The standard InChI is InChI=1S/C15H19F3N2O3/c1-3-22-14(23-4-2)10-6-5-9-19-11(10)7-8-12(14)20-13(21)15(16,17)18/h5-6,9,12H,3-4,7-8H2,1-2H3,(H,20,21). The number of rotatable bonds is 5. The third kappa shape index (κ3) is 3.48. The van der Waals surface area contributed by atoms with Gasteiger partial charge in [-0.25, -0.2) is 0 Å². The van der Waals surface area contributed by atoms with Crippen LogP contribution in [0.3, 0.4) is 0 Å². The summed E-state index contributed by atoms with van der Waals surface area (Å²) in [6, 6.07) is 2.42. The number of alkyl halides is 3. The number of aryl methyl sites for hydroxylation is 1. The normalized spacial score (nSPS) is 20.0. The second kappa shape index (κ2) is 6.84. The fourth-order valence-electron chi connectivity index (χ4n) is 2.85. The molecule has 1 unspecified atom stereocenters. The minimum atomic E-state index is -4.96. The number of carbonyl (C=O) groups is 1. The lowest BCUT2D eigenvalue weighted by molar-refractivity contribution is -0.265. The number of halogens is 3. The number of nitrogens with zero attached hydrogens (tertiary/aromatic N) is 1. The van der Waals surface area contributed by atoms with Crippen molar-refractivity contribution in [2.45, 2.75) is 44.7 Å². The van der Waals surface area contributed by atoms with Crippen molar-refractivity contribution in [1.82, 2.24) is 10.3 Å². The lowest BCUT2D eigenvalue weighted by atomic mass is 9.85. The van der Waals surface area contributed by atoms with Gasteiger partial charge in [0.25, 0.3) is 0 Å². The van der Waals surface area contributed by atoms with Crippen molar-refractivity contribution in [3.8, 4) is 0 Å². The van der Waals surface area contributed by atoms with Crippen LogP contribution in [-0.4, -0.2) is 36.3 Å². The molecule has 0 saturated carbocycles. The molecule has 23 heavy (non-hydrogen) atoms. The van der Waals surface area contributed by atoms with Gasteiger partial charge >= 0.3 is 12.1 Å². The van der Waals surface area contributed by atoms with Crippen LogP contribution >= 0.6 is 0 Å². The van der Waals surface area contributed by atoms with Gasteiger partial charge in [0, 0.05) is 30.7 Å². The van der Waals surface area contributed by atoms with E-state index in [1.807, 2.05) is 5.32 Å². The lowest BCUT2D eigenvalue weighted by Crippen LogP contribution is -2.58. The molecule has 1 aromatic rings. The SMILES string of the molecule is CCOC1(OCC)c2cccnc2CCC1NC(=O)C(F)(F)F. The Hall–Kier alpha value is -1.67. The smallest absolute Gasteiger partial charge is 0.345 e. The summed E-state index contributed by atoms with van der Waals surface area (Å²) < 4.78 is 49.3. The highest BCUT2D eigenvalue weighted by Crippen LogP contribution is 2.39. The molecule has 1 aromatic heterocycles. The summed E-state index contributed by atoms with van der Waals surface area (Å²) in [7, 11) is 0. The zero-order valence-electron chi connectivity index (χ0n) is 12.9. The predicted octanol–water partition coefficient (Wildman–Crippen LogP) is 2.30. The minimum Gasteiger partial charge on any atom is -0.345 e. The van der Waals surface area contributed by atoms with Crippen molar-refractivity contribution < 1.29 is 27.4 Å². The van der Waals surface area contributed by atoms with Crippen molar-refractivity contribution >= 4 is 5.91 Å². The summed E-state index contributed by atoms with van der Waals surface area (Å²) in [5.41, 5.74) is 1.26. The maximum absolute atomic E-state index is 12.6. The van der Waals surface area contributed by atoms with Crippen LogP contribution in [0.1, 0.15) is 31.5 Å². The molecule has 8 heteroatoms. The van der Waals surface area contributed by atoms with Crippen LogP contribution in [0.2, 0.25) is 0 Å². The molecule has 128 valence electrons. The first-order valence-corrected chi connectivity index (χ1v) is 7.45. The van der Waals surface area contributed by atoms with Gasteiger partial charge in [0.05, 0.1) is 6.04 Å². The molecule has 1 atom stereocenters. The highest BCUT2D eigenvalue weighted by molar-refractivity contribution is 5.82. The number of fused-ring (bicyclic) bond motifs is 1. The Labute approximate surface area is 132 Å². The molecule has 0 spiro atoms. The lowest BCUT2D eigenvalue weighted by Gasteiger charge is -2.44. The summed E-state index contributed by atoms with van der Waals surface area (Å²) in [6.45, 7) is 3.86. The zero-order chi connectivity index (χ0) is 17.1. The van der Waals surface area contributed by atoms with Crippen LogP contribution in [-0.2, 0) is 26.5 Å². The molecular formula is C15H19F3N2O3. The molecule has 1 N–H and O–H groups in total. The Bertz CT molecular complexity index is 557. The van der Waals surface area contributed by atoms with Crippen LogP contribution in [0.15, 0.2) is 18.3 Å². The number of aromatic nitrogens is 1. The van der Waals surface area contributed by atoms with E-state index >= 15 is 0 Å². The van der Waals surface area contributed by atoms with Gasteiger partial charge in [0.1, 0.15) is 0 Å². The van der Waals surface area contributed by atoms with Gasteiger partial charge in [-0.05, 0) is 32.8 Å². The number of carbonyl (C=O) groups excluding carboxylic acids is 1. The van der Waals surface area contributed by atoms with E-state index < -0.39 is 23.9 Å². The van der Waals surface area contributed by atoms with Crippen LogP contribution in [0, 0.1) is 0 Å². The fourth-order valence-corrected chi connectivity index (χ4v) is 2.85. The van der Waals surface area contributed by atoms with Gasteiger partial charge in [0.15, 0.2) is 0 Å². The van der Waals surface area contributed by atoms with E-state index in [1.54, 1.807) is 32.2 Å². The molecular weight excluding hydrogens is 313 g/mol. The predicted molar refractivity (Wildman–Crippen MR) is 75.5 cm³/mol. The van der Waals surface area contributed by atoms with E-state index in [9.17, 15) is 18.0 Å². The summed E-state index contributed by atoms with van der Waals surface area (Å²) in [5, 5.41) is 2.02. The fraction of sp³-hybridized carbons (Fsp3) is 0.600. The first-order chi connectivity index (χ1) is 10.8. The molecule has 0 saturated heterocycles. The van der Waals surface area contributed by atoms with Crippen molar-refractivity contribution in [1.29, 1.82) is 0 Å². The molecule has 1 aliphatic carbocycles. The van der Waals surface area contributed by atoms with E-state index in [0.29, 0.717) is 17.7 Å². The summed E-state index contributed by atoms with van der Waals surface area (Å²) >= 11 is 0. The molecule has 1 amide bonds. The average Bonchev–Trinajstić information content (AvgIpc) is 2.50. The van der Waals surface area contributed by atoms with Crippen LogP contribution in [0.25, 0.3) is 0 Å². The molecule has 2 rings (SSSR count). The number of hydrogen-bond acceptors (Lipinski definition) is 4. The molecule has 0 aromatic carbocycles. The van der Waals surface area contributed by atoms with E-state index in [2.05, 4.69) is 4.98 Å². The van der Waals surface area contributed by atoms with Gasteiger partial charge in [-0.3, -0.25) is 9.78 Å².